The molecule has 1 heterocycles. The summed E-state index contributed by atoms with van der Waals surface area (Å²) in [7, 11) is 1.33. The first-order valence-corrected chi connectivity index (χ1v) is 7.99. The van der Waals surface area contributed by atoms with Crippen LogP contribution in [0.2, 0.25) is 5.02 Å². The third-order valence-corrected chi connectivity index (χ3v) is 4.81. The molecule has 0 bridgehead atoms. The minimum atomic E-state index is -0.996. The first-order valence-electron chi connectivity index (χ1n) is 7.61. The van der Waals surface area contributed by atoms with Gasteiger partial charge in [-0.3, -0.25) is 4.79 Å². The molecule has 0 unspecified atom stereocenters. The molecule has 1 aliphatic rings. The number of hydrogen-bond acceptors (Lipinski definition) is 4. The van der Waals surface area contributed by atoms with Gasteiger partial charge in [0, 0.05) is 31.1 Å². The van der Waals surface area contributed by atoms with E-state index in [4.69, 9.17) is 21.1 Å². The van der Waals surface area contributed by atoms with Crippen molar-refractivity contribution in [2.75, 3.05) is 20.3 Å². The molecule has 6 heteroatoms. The van der Waals surface area contributed by atoms with Gasteiger partial charge in [0.15, 0.2) is 0 Å². The summed E-state index contributed by atoms with van der Waals surface area (Å²) in [5.74, 6) is -0.639. The van der Waals surface area contributed by atoms with Crippen LogP contribution in [0.3, 0.4) is 0 Å². The van der Waals surface area contributed by atoms with Gasteiger partial charge in [0.2, 0.25) is 5.91 Å². The predicted molar refractivity (Wildman–Crippen MR) is 87.6 cm³/mol. The molecule has 1 aromatic rings. The molecule has 0 aliphatic carbocycles. The van der Waals surface area contributed by atoms with Crippen LogP contribution >= 0.6 is 11.6 Å². The SMILES string of the molecule is COC(=O)C1(NC(=O)Cc2c(C)ccc(Cl)c2C)CCOCC1. The van der Waals surface area contributed by atoms with Crippen molar-refractivity contribution in [3.8, 4) is 0 Å². The number of hydrogen-bond donors (Lipinski definition) is 1. The lowest BCUT2D eigenvalue weighted by atomic mass is 9.89. The van der Waals surface area contributed by atoms with Gasteiger partial charge in [-0.15, -0.1) is 0 Å². The van der Waals surface area contributed by atoms with E-state index >= 15 is 0 Å². The summed E-state index contributed by atoms with van der Waals surface area (Å²) >= 11 is 6.14. The Hall–Kier alpha value is -1.59. The van der Waals surface area contributed by atoms with Gasteiger partial charge in [-0.25, -0.2) is 4.79 Å². The van der Waals surface area contributed by atoms with Crippen molar-refractivity contribution in [2.24, 2.45) is 0 Å². The number of carbonyl (C=O) groups excluding carboxylic acids is 2. The Morgan fingerprint density at radius 2 is 1.96 bits per heavy atom. The van der Waals surface area contributed by atoms with Crippen molar-refractivity contribution < 1.29 is 19.1 Å². The first-order chi connectivity index (χ1) is 10.9. The highest BCUT2D eigenvalue weighted by Gasteiger charge is 2.42. The van der Waals surface area contributed by atoms with Crippen molar-refractivity contribution in [3.63, 3.8) is 0 Å². The van der Waals surface area contributed by atoms with Crippen LogP contribution in [0.4, 0.5) is 0 Å². The summed E-state index contributed by atoms with van der Waals surface area (Å²) in [6, 6.07) is 3.71. The van der Waals surface area contributed by atoms with E-state index in [1.807, 2.05) is 26.0 Å². The maximum atomic E-state index is 12.5. The van der Waals surface area contributed by atoms with Crippen molar-refractivity contribution in [3.05, 3.63) is 33.8 Å². The molecule has 0 aromatic heterocycles. The van der Waals surface area contributed by atoms with Crippen molar-refractivity contribution in [2.45, 2.75) is 38.6 Å². The average molecular weight is 340 g/mol. The zero-order chi connectivity index (χ0) is 17.0. The normalized spacial score (nSPS) is 16.7. The molecule has 1 amide bonds. The van der Waals surface area contributed by atoms with Crippen LogP contribution in [-0.2, 0) is 25.5 Å². The van der Waals surface area contributed by atoms with Crippen LogP contribution < -0.4 is 5.32 Å². The van der Waals surface area contributed by atoms with E-state index in [-0.39, 0.29) is 12.3 Å². The number of amides is 1. The Kier molecular flexibility index (Phi) is 5.65. The van der Waals surface area contributed by atoms with Crippen LogP contribution in [0.1, 0.15) is 29.5 Å². The molecule has 1 aromatic carbocycles. The lowest BCUT2D eigenvalue weighted by Crippen LogP contribution is -2.58. The van der Waals surface area contributed by atoms with Crippen LogP contribution in [-0.4, -0.2) is 37.7 Å². The van der Waals surface area contributed by atoms with Crippen molar-refractivity contribution >= 4 is 23.5 Å². The van der Waals surface area contributed by atoms with Crippen LogP contribution in [0.25, 0.3) is 0 Å². The summed E-state index contributed by atoms with van der Waals surface area (Å²) in [6.07, 6.45) is 1.01. The second kappa shape index (κ2) is 7.32. The second-order valence-electron chi connectivity index (χ2n) is 5.88. The molecule has 0 radical (unpaired) electrons. The molecule has 0 spiro atoms. The van der Waals surface area contributed by atoms with Crippen molar-refractivity contribution in [1.82, 2.24) is 5.32 Å². The highest BCUT2D eigenvalue weighted by molar-refractivity contribution is 6.31. The number of carbonyl (C=O) groups is 2. The van der Waals surface area contributed by atoms with E-state index in [1.54, 1.807) is 0 Å². The quantitative estimate of drug-likeness (QED) is 0.855. The van der Waals surface area contributed by atoms with Crippen LogP contribution in [0, 0.1) is 13.8 Å². The average Bonchev–Trinajstić information content (AvgIpc) is 2.55. The summed E-state index contributed by atoms with van der Waals surface area (Å²) in [5.41, 5.74) is 1.79. The maximum absolute atomic E-state index is 12.5. The molecule has 1 aliphatic heterocycles. The first kappa shape index (κ1) is 17.8. The van der Waals surface area contributed by atoms with E-state index in [1.165, 1.54) is 7.11 Å². The van der Waals surface area contributed by atoms with Gasteiger partial charge in [-0.05, 0) is 36.6 Å². The zero-order valence-corrected chi connectivity index (χ0v) is 14.5. The van der Waals surface area contributed by atoms with E-state index in [2.05, 4.69) is 5.32 Å². The van der Waals surface area contributed by atoms with E-state index in [0.29, 0.717) is 31.1 Å². The summed E-state index contributed by atoms with van der Waals surface area (Å²) in [4.78, 5) is 24.7. The fraction of sp³-hybridized carbons (Fsp3) is 0.529. The van der Waals surface area contributed by atoms with E-state index in [9.17, 15) is 9.59 Å². The lowest BCUT2D eigenvalue weighted by molar-refractivity contribution is -0.155. The molecule has 2 rings (SSSR count). The standard InChI is InChI=1S/C17H22ClNO4/c1-11-4-5-14(18)12(2)13(11)10-15(20)19-17(16(21)22-3)6-8-23-9-7-17/h4-5H,6-10H2,1-3H3,(H,19,20). The molecule has 126 valence electrons. The molecule has 5 nitrogen and oxygen atoms in total. The van der Waals surface area contributed by atoms with E-state index < -0.39 is 11.5 Å². The molecule has 0 atom stereocenters. The molecular formula is C17H22ClNO4. The van der Waals surface area contributed by atoms with Crippen LogP contribution in [0.5, 0.6) is 0 Å². The Morgan fingerprint density at radius 3 is 2.57 bits per heavy atom. The Labute approximate surface area is 141 Å². The van der Waals surface area contributed by atoms with Gasteiger partial charge in [0.05, 0.1) is 13.5 Å². The lowest BCUT2D eigenvalue weighted by Gasteiger charge is -2.35. The number of benzene rings is 1. The number of rotatable bonds is 4. The topological polar surface area (TPSA) is 64.6 Å². The highest BCUT2D eigenvalue weighted by atomic mass is 35.5. The minimum Gasteiger partial charge on any atom is -0.467 e. The summed E-state index contributed by atoms with van der Waals surface area (Å²) in [5, 5.41) is 3.50. The fourth-order valence-electron chi connectivity index (χ4n) is 2.90. The third kappa shape index (κ3) is 3.85. The zero-order valence-electron chi connectivity index (χ0n) is 13.7. The molecule has 1 fully saturated rings. The molecule has 23 heavy (non-hydrogen) atoms. The smallest absolute Gasteiger partial charge is 0.331 e. The number of ether oxygens (including phenoxy) is 2. The van der Waals surface area contributed by atoms with Gasteiger partial charge in [-0.1, -0.05) is 17.7 Å². The van der Waals surface area contributed by atoms with Gasteiger partial charge >= 0.3 is 5.97 Å². The highest BCUT2D eigenvalue weighted by Crippen LogP contribution is 2.25. The Morgan fingerprint density at radius 1 is 1.30 bits per heavy atom. The monoisotopic (exact) mass is 339 g/mol. The number of nitrogens with one attached hydrogen (secondary N) is 1. The third-order valence-electron chi connectivity index (χ3n) is 4.41. The maximum Gasteiger partial charge on any atom is 0.331 e. The van der Waals surface area contributed by atoms with Gasteiger partial charge in [-0.2, -0.15) is 0 Å². The van der Waals surface area contributed by atoms with Gasteiger partial charge in [0.1, 0.15) is 5.54 Å². The molecule has 1 N–H and O–H groups in total. The fourth-order valence-corrected chi connectivity index (χ4v) is 3.08. The minimum absolute atomic E-state index is 0.178. The number of methoxy groups -OCH3 is 1. The molecule has 0 saturated carbocycles. The van der Waals surface area contributed by atoms with Gasteiger partial charge in [0.25, 0.3) is 0 Å². The Bertz CT molecular complexity index is 609. The summed E-state index contributed by atoms with van der Waals surface area (Å²) < 4.78 is 10.2. The van der Waals surface area contributed by atoms with Crippen molar-refractivity contribution in [1.29, 1.82) is 0 Å². The number of halogens is 1. The van der Waals surface area contributed by atoms with Gasteiger partial charge < -0.3 is 14.8 Å². The summed E-state index contributed by atoms with van der Waals surface area (Å²) in [6.45, 7) is 4.67. The number of aryl methyl sites for hydroxylation is 1. The second-order valence-corrected chi connectivity index (χ2v) is 6.29. The molecular weight excluding hydrogens is 318 g/mol. The van der Waals surface area contributed by atoms with Crippen LogP contribution in [0.15, 0.2) is 12.1 Å². The number of esters is 1. The van der Waals surface area contributed by atoms with E-state index in [0.717, 1.165) is 16.7 Å². The predicted octanol–water partition coefficient (Wildman–Crippen LogP) is 2.34. The Balaban J connectivity index is 2.17. The largest absolute Gasteiger partial charge is 0.467 e. The molecule has 1 saturated heterocycles.